The van der Waals surface area contributed by atoms with E-state index < -0.39 is 5.60 Å². The van der Waals surface area contributed by atoms with Gasteiger partial charge in [0.05, 0.1) is 0 Å². The van der Waals surface area contributed by atoms with Crippen LogP contribution in [0.1, 0.15) is 45.6 Å². The summed E-state index contributed by atoms with van der Waals surface area (Å²) in [6, 6.07) is 9.99. The molecule has 0 radical (unpaired) electrons. The zero-order valence-electron chi connectivity index (χ0n) is 14.9. The zero-order chi connectivity index (χ0) is 17.6. The number of likely N-dealkylation sites (tertiary alicyclic amines) is 1. The van der Waals surface area contributed by atoms with Gasteiger partial charge in [-0.15, -0.1) is 0 Å². The molecule has 1 unspecified atom stereocenters. The monoisotopic (exact) mass is 332 g/mol. The lowest BCUT2D eigenvalue weighted by Crippen LogP contribution is -2.50. The van der Waals surface area contributed by atoms with Crippen LogP contribution in [-0.4, -0.2) is 41.6 Å². The summed E-state index contributed by atoms with van der Waals surface area (Å²) in [6.45, 7) is 6.78. The SMILES string of the molecule is CC(C)(C)OC(=O)N1CCCC(NC(=O)CCc2ccccc2)C1. The van der Waals surface area contributed by atoms with E-state index in [4.69, 9.17) is 4.74 Å². The molecule has 0 spiro atoms. The molecule has 1 aliphatic rings. The molecule has 2 amide bonds. The fraction of sp³-hybridized carbons (Fsp3) is 0.579. The number of benzene rings is 1. The van der Waals surface area contributed by atoms with E-state index in [-0.39, 0.29) is 18.0 Å². The summed E-state index contributed by atoms with van der Waals surface area (Å²) < 4.78 is 5.41. The summed E-state index contributed by atoms with van der Waals surface area (Å²) in [5.41, 5.74) is 0.662. The van der Waals surface area contributed by atoms with Gasteiger partial charge in [0, 0.05) is 25.6 Å². The number of hydrogen-bond acceptors (Lipinski definition) is 3. The van der Waals surface area contributed by atoms with E-state index in [1.807, 2.05) is 51.1 Å². The van der Waals surface area contributed by atoms with E-state index in [0.29, 0.717) is 19.5 Å². The summed E-state index contributed by atoms with van der Waals surface area (Å²) in [7, 11) is 0. The fourth-order valence-electron chi connectivity index (χ4n) is 2.79. The minimum atomic E-state index is -0.497. The van der Waals surface area contributed by atoms with Crippen LogP contribution < -0.4 is 5.32 Å². The first kappa shape index (κ1) is 18.3. The van der Waals surface area contributed by atoms with Crippen LogP contribution in [0.5, 0.6) is 0 Å². The molecule has 5 nitrogen and oxygen atoms in total. The van der Waals surface area contributed by atoms with E-state index in [9.17, 15) is 9.59 Å². The molecule has 1 N–H and O–H groups in total. The number of carbonyl (C=O) groups excluding carboxylic acids is 2. The quantitative estimate of drug-likeness (QED) is 0.921. The summed E-state index contributed by atoms with van der Waals surface area (Å²) in [6.07, 6.45) is 2.67. The average Bonchev–Trinajstić information content (AvgIpc) is 2.52. The van der Waals surface area contributed by atoms with Crippen LogP contribution in [-0.2, 0) is 16.0 Å². The molecule has 1 heterocycles. The third-order valence-electron chi connectivity index (χ3n) is 3.92. The molecule has 1 aliphatic heterocycles. The highest BCUT2D eigenvalue weighted by Gasteiger charge is 2.28. The maximum absolute atomic E-state index is 12.1. The predicted octanol–water partition coefficient (Wildman–Crippen LogP) is 3.13. The normalized spacial score (nSPS) is 18.1. The van der Waals surface area contributed by atoms with Gasteiger partial charge in [-0.25, -0.2) is 4.79 Å². The standard InChI is InChI=1S/C19H28N2O3/c1-19(2,3)24-18(23)21-13-7-10-16(14-21)20-17(22)12-11-15-8-5-4-6-9-15/h4-6,8-9,16H,7,10-14H2,1-3H3,(H,20,22). The minimum Gasteiger partial charge on any atom is -0.444 e. The van der Waals surface area contributed by atoms with Gasteiger partial charge in [-0.2, -0.15) is 0 Å². The van der Waals surface area contributed by atoms with Gasteiger partial charge in [-0.3, -0.25) is 4.79 Å². The fourth-order valence-corrected chi connectivity index (χ4v) is 2.79. The molecule has 0 aromatic heterocycles. The van der Waals surface area contributed by atoms with Crippen LogP contribution in [0.4, 0.5) is 4.79 Å². The van der Waals surface area contributed by atoms with Crippen molar-refractivity contribution in [1.29, 1.82) is 0 Å². The van der Waals surface area contributed by atoms with Crippen molar-refractivity contribution in [1.82, 2.24) is 10.2 Å². The van der Waals surface area contributed by atoms with Crippen molar-refractivity contribution in [2.24, 2.45) is 0 Å². The van der Waals surface area contributed by atoms with Gasteiger partial charge in [0.25, 0.3) is 0 Å². The van der Waals surface area contributed by atoms with E-state index in [2.05, 4.69) is 5.32 Å². The van der Waals surface area contributed by atoms with Crippen molar-refractivity contribution < 1.29 is 14.3 Å². The van der Waals surface area contributed by atoms with Crippen LogP contribution in [0.15, 0.2) is 30.3 Å². The van der Waals surface area contributed by atoms with E-state index in [1.165, 1.54) is 0 Å². The number of hydrogen-bond donors (Lipinski definition) is 1. The summed E-state index contributed by atoms with van der Waals surface area (Å²) in [5, 5.41) is 3.05. The van der Waals surface area contributed by atoms with Crippen molar-refractivity contribution in [3.8, 4) is 0 Å². The molecular weight excluding hydrogens is 304 g/mol. The second-order valence-corrected chi connectivity index (χ2v) is 7.32. The Balaban J connectivity index is 1.77. The first-order valence-corrected chi connectivity index (χ1v) is 8.65. The number of nitrogens with one attached hydrogen (secondary N) is 1. The topological polar surface area (TPSA) is 58.6 Å². The molecule has 132 valence electrons. The molecular formula is C19H28N2O3. The molecule has 24 heavy (non-hydrogen) atoms. The number of ether oxygens (including phenoxy) is 1. The summed E-state index contributed by atoms with van der Waals surface area (Å²) in [4.78, 5) is 26.0. The Morgan fingerprint density at radius 3 is 2.62 bits per heavy atom. The number of amides is 2. The number of piperidine rings is 1. The lowest BCUT2D eigenvalue weighted by molar-refractivity contribution is -0.122. The number of aryl methyl sites for hydroxylation is 1. The highest BCUT2D eigenvalue weighted by atomic mass is 16.6. The Morgan fingerprint density at radius 2 is 1.96 bits per heavy atom. The molecule has 2 rings (SSSR count). The van der Waals surface area contributed by atoms with Crippen molar-refractivity contribution in [2.45, 2.75) is 58.1 Å². The van der Waals surface area contributed by atoms with Crippen LogP contribution in [0, 0.1) is 0 Å². The van der Waals surface area contributed by atoms with Crippen molar-refractivity contribution in [2.75, 3.05) is 13.1 Å². The van der Waals surface area contributed by atoms with Crippen molar-refractivity contribution in [3.63, 3.8) is 0 Å². The molecule has 1 saturated heterocycles. The van der Waals surface area contributed by atoms with Gasteiger partial charge in [-0.1, -0.05) is 30.3 Å². The largest absolute Gasteiger partial charge is 0.444 e. The molecule has 0 bridgehead atoms. The van der Waals surface area contributed by atoms with Gasteiger partial charge >= 0.3 is 6.09 Å². The third kappa shape index (κ3) is 6.22. The van der Waals surface area contributed by atoms with Crippen LogP contribution in [0.25, 0.3) is 0 Å². The van der Waals surface area contributed by atoms with Gasteiger partial charge in [0.1, 0.15) is 5.60 Å². The Hall–Kier alpha value is -2.04. The second kappa shape index (κ2) is 8.18. The molecule has 1 aromatic carbocycles. The molecule has 0 saturated carbocycles. The zero-order valence-corrected chi connectivity index (χ0v) is 14.9. The van der Waals surface area contributed by atoms with Gasteiger partial charge in [-0.05, 0) is 45.6 Å². The van der Waals surface area contributed by atoms with Gasteiger partial charge < -0.3 is 15.0 Å². The number of carbonyl (C=O) groups is 2. The number of rotatable bonds is 4. The molecule has 1 atom stereocenters. The first-order chi connectivity index (χ1) is 11.3. The molecule has 1 aromatic rings. The third-order valence-corrected chi connectivity index (χ3v) is 3.92. The molecule has 1 fully saturated rings. The van der Waals surface area contributed by atoms with E-state index in [1.54, 1.807) is 4.90 Å². The Labute approximate surface area is 144 Å². The minimum absolute atomic E-state index is 0.00883. The number of nitrogens with zero attached hydrogens (tertiary/aromatic N) is 1. The lowest BCUT2D eigenvalue weighted by atomic mass is 10.1. The van der Waals surface area contributed by atoms with Gasteiger partial charge in [0.15, 0.2) is 0 Å². The first-order valence-electron chi connectivity index (χ1n) is 8.65. The summed E-state index contributed by atoms with van der Waals surface area (Å²) in [5.74, 6) is 0.0369. The Morgan fingerprint density at radius 1 is 1.25 bits per heavy atom. The Kier molecular flexibility index (Phi) is 6.23. The molecule has 5 heteroatoms. The van der Waals surface area contributed by atoms with Crippen LogP contribution >= 0.6 is 0 Å². The smallest absolute Gasteiger partial charge is 0.410 e. The maximum atomic E-state index is 12.1. The average molecular weight is 332 g/mol. The van der Waals surface area contributed by atoms with Crippen molar-refractivity contribution >= 4 is 12.0 Å². The lowest BCUT2D eigenvalue weighted by Gasteiger charge is -2.34. The summed E-state index contributed by atoms with van der Waals surface area (Å²) >= 11 is 0. The van der Waals surface area contributed by atoms with E-state index >= 15 is 0 Å². The maximum Gasteiger partial charge on any atom is 0.410 e. The van der Waals surface area contributed by atoms with E-state index in [0.717, 1.165) is 24.8 Å². The second-order valence-electron chi connectivity index (χ2n) is 7.32. The highest BCUT2D eigenvalue weighted by molar-refractivity contribution is 5.76. The van der Waals surface area contributed by atoms with Crippen LogP contribution in [0.2, 0.25) is 0 Å². The van der Waals surface area contributed by atoms with Crippen LogP contribution in [0.3, 0.4) is 0 Å². The Bertz CT molecular complexity index is 551. The van der Waals surface area contributed by atoms with Gasteiger partial charge in [0.2, 0.25) is 5.91 Å². The predicted molar refractivity (Wildman–Crippen MR) is 93.7 cm³/mol. The highest BCUT2D eigenvalue weighted by Crippen LogP contribution is 2.15. The molecule has 0 aliphatic carbocycles. The van der Waals surface area contributed by atoms with Crippen molar-refractivity contribution in [3.05, 3.63) is 35.9 Å².